The predicted molar refractivity (Wildman–Crippen MR) is 74.8 cm³/mol. The van der Waals surface area contributed by atoms with E-state index in [9.17, 15) is 0 Å². The summed E-state index contributed by atoms with van der Waals surface area (Å²) < 4.78 is 1.69. The largest absolute Gasteiger partial charge is 0.353 e. The Bertz CT molecular complexity index is 707. The minimum absolute atomic E-state index is 0.445. The summed E-state index contributed by atoms with van der Waals surface area (Å²) in [6.07, 6.45) is 1.47. The highest BCUT2D eigenvalue weighted by molar-refractivity contribution is 7.07. The van der Waals surface area contributed by atoms with E-state index in [-0.39, 0.29) is 0 Å². The van der Waals surface area contributed by atoms with Crippen molar-refractivity contribution in [2.45, 2.75) is 13.5 Å². The Labute approximate surface area is 118 Å². The van der Waals surface area contributed by atoms with Crippen molar-refractivity contribution < 1.29 is 0 Å². The molecule has 0 radical (unpaired) electrons. The van der Waals surface area contributed by atoms with Crippen molar-refractivity contribution in [3.63, 3.8) is 0 Å². The molecule has 0 amide bonds. The van der Waals surface area contributed by atoms with Gasteiger partial charge in [0.05, 0.1) is 17.7 Å². The average Bonchev–Trinajstić information content (AvgIpc) is 3.01. The summed E-state index contributed by atoms with van der Waals surface area (Å²) >= 11 is 7.72. The second kappa shape index (κ2) is 4.75. The van der Waals surface area contributed by atoms with E-state index >= 15 is 0 Å². The van der Waals surface area contributed by atoms with Gasteiger partial charge in [0.1, 0.15) is 17.3 Å². The molecule has 0 aliphatic rings. The zero-order chi connectivity index (χ0) is 13.4. The molecule has 0 spiro atoms. The SMILES string of the molecule is Cc1c(Cl)nc2ncnn2c1N(C)Cc1cscn1. The van der Waals surface area contributed by atoms with Crippen molar-refractivity contribution in [3.8, 4) is 0 Å². The van der Waals surface area contributed by atoms with Gasteiger partial charge in [-0.3, -0.25) is 0 Å². The maximum Gasteiger partial charge on any atom is 0.255 e. The summed E-state index contributed by atoms with van der Waals surface area (Å²) in [6.45, 7) is 2.60. The highest BCUT2D eigenvalue weighted by atomic mass is 35.5. The highest BCUT2D eigenvalue weighted by Crippen LogP contribution is 2.25. The molecule has 0 bridgehead atoms. The standard InChI is InChI=1S/C11H11ClN6S/c1-7-9(12)16-11-13-5-15-18(11)10(7)17(2)3-8-4-19-6-14-8/h4-6H,3H2,1-2H3. The van der Waals surface area contributed by atoms with Crippen LogP contribution in [0, 0.1) is 6.92 Å². The summed E-state index contributed by atoms with van der Waals surface area (Å²) in [5.41, 5.74) is 3.70. The lowest BCUT2D eigenvalue weighted by Gasteiger charge is -2.21. The maximum atomic E-state index is 6.14. The summed E-state index contributed by atoms with van der Waals surface area (Å²) in [7, 11) is 1.97. The van der Waals surface area contributed by atoms with E-state index in [2.05, 4.69) is 20.1 Å². The van der Waals surface area contributed by atoms with Crippen LogP contribution >= 0.6 is 22.9 Å². The number of aromatic nitrogens is 5. The van der Waals surface area contributed by atoms with Gasteiger partial charge < -0.3 is 4.90 Å². The number of anilines is 1. The first-order valence-electron chi connectivity index (χ1n) is 5.61. The summed E-state index contributed by atoms with van der Waals surface area (Å²) in [6, 6.07) is 0. The van der Waals surface area contributed by atoms with Crippen molar-refractivity contribution in [2.75, 3.05) is 11.9 Å². The molecule has 0 aliphatic carbocycles. The van der Waals surface area contributed by atoms with Gasteiger partial charge in [-0.1, -0.05) is 11.6 Å². The molecule has 0 N–H and O–H groups in total. The number of rotatable bonds is 3. The fourth-order valence-corrected chi connectivity index (χ4v) is 2.68. The number of halogens is 1. The van der Waals surface area contributed by atoms with Crippen LogP contribution in [0.1, 0.15) is 11.3 Å². The molecule has 0 fully saturated rings. The molecule has 3 aromatic heterocycles. The van der Waals surface area contributed by atoms with Crippen LogP contribution in [0.3, 0.4) is 0 Å². The van der Waals surface area contributed by atoms with Gasteiger partial charge in [0.2, 0.25) is 0 Å². The van der Waals surface area contributed by atoms with Crippen LogP contribution in [0.25, 0.3) is 5.78 Å². The molecule has 0 unspecified atom stereocenters. The monoisotopic (exact) mass is 294 g/mol. The van der Waals surface area contributed by atoms with Gasteiger partial charge >= 0.3 is 0 Å². The molecule has 98 valence electrons. The van der Waals surface area contributed by atoms with Gasteiger partial charge in [-0.25, -0.2) is 4.98 Å². The van der Waals surface area contributed by atoms with Crippen molar-refractivity contribution >= 4 is 34.5 Å². The van der Waals surface area contributed by atoms with E-state index in [0.29, 0.717) is 17.5 Å². The fourth-order valence-electron chi connectivity index (χ4n) is 1.97. The van der Waals surface area contributed by atoms with Gasteiger partial charge in [-0.05, 0) is 6.92 Å². The third-order valence-corrected chi connectivity index (χ3v) is 3.82. The van der Waals surface area contributed by atoms with Gasteiger partial charge in [-0.15, -0.1) is 11.3 Å². The molecule has 0 saturated heterocycles. The summed E-state index contributed by atoms with van der Waals surface area (Å²) in [5.74, 6) is 1.37. The Hall–Kier alpha value is -1.73. The fraction of sp³-hybridized carbons (Fsp3) is 0.273. The van der Waals surface area contributed by atoms with Gasteiger partial charge in [0.25, 0.3) is 5.78 Å². The zero-order valence-electron chi connectivity index (χ0n) is 10.4. The number of hydrogen-bond acceptors (Lipinski definition) is 6. The van der Waals surface area contributed by atoms with Crippen molar-refractivity contribution in [2.24, 2.45) is 0 Å². The topological polar surface area (TPSA) is 59.2 Å². The first kappa shape index (κ1) is 12.3. The molecular weight excluding hydrogens is 284 g/mol. The quantitative estimate of drug-likeness (QED) is 0.693. The second-order valence-electron chi connectivity index (χ2n) is 4.16. The van der Waals surface area contributed by atoms with Crippen LogP contribution in [-0.4, -0.2) is 31.6 Å². The van der Waals surface area contributed by atoms with E-state index in [0.717, 1.165) is 17.1 Å². The minimum atomic E-state index is 0.445. The molecule has 19 heavy (non-hydrogen) atoms. The lowest BCUT2D eigenvalue weighted by molar-refractivity contribution is 0.812. The molecular formula is C11H11ClN6S. The van der Waals surface area contributed by atoms with Gasteiger partial charge in [0.15, 0.2) is 0 Å². The van der Waals surface area contributed by atoms with Crippen LogP contribution in [0.2, 0.25) is 5.15 Å². The lowest BCUT2D eigenvalue weighted by Crippen LogP contribution is -2.21. The summed E-state index contributed by atoms with van der Waals surface area (Å²) in [4.78, 5) is 14.6. The molecule has 0 aromatic carbocycles. The van der Waals surface area contributed by atoms with Crippen LogP contribution in [0.15, 0.2) is 17.2 Å². The Morgan fingerprint density at radius 3 is 3.00 bits per heavy atom. The Balaban J connectivity index is 2.07. The molecule has 3 aromatic rings. The molecule has 0 aliphatic heterocycles. The minimum Gasteiger partial charge on any atom is -0.353 e. The first-order valence-corrected chi connectivity index (χ1v) is 6.93. The van der Waals surface area contributed by atoms with Crippen LogP contribution in [0.4, 0.5) is 5.82 Å². The molecule has 0 saturated carbocycles. The van der Waals surface area contributed by atoms with E-state index in [1.165, 1.54) is 6.33 Å². The van der Waals surface area contributed by atoms with E-state index < -0.39 is 0 Å². The first-order chi connectivity index (χ1) is 9.16. The van der Waals surface area contributed by atoms with Crippen LogP contribution < -0.4 is 4.90 Å². The molecule has 3 rings (SSSR count). The third-order valence-electron chi connectivity index (χ3n) is 2.82. The predicted octanol–water partition coefficient (Wildman–Crippen LogP) is 2.18. The average molecular weight is 295 g/mol. The third kappa shape index (κ3) is 2.15. The molecule has 6 nitrogen and oxygen atoms in total. The number of nitrogens with zero attached hydrogens (tertiary/aromatic N) is 6. The van der Waals surface area contributed by atoms with Gasteiger partial charge in [0, 0.05) is 18.0 Å². The Kier molecular flexibility index (Phi) is 3.08. The zero-order valence-corrected chi connectivity index (χ0v) is 12.0. The van der Waals surface area contributed by atoms with Crippen molar-refractivity contribution in [3.05, 3.63) is 33.6 Å². The molecule has 8 heteroatoms. The molecule has 0 atom stereocenters. The number of fused-ring (bicyclic) bond motifs is 1. The van der Waals surface area contributed by atoms with Crippen molar-refractivity contribution in [1.29, 1.82) is 0 Å². The summed E-state index contributed by atoms with van der Waals surface area (Å²) in [5, 5.41) is 6.66. The second-order valence-corrected chi connectivity index (χ2v) is 5.24. The smallest absolute Gasteiger partial charge is 0.255 e. The highest BCUT2D eigenvalue weighted by Gasteiger charge is 2.16. The van der Waals surface area contributed by atoms with Crippen molar-refractivity contribution in [1.82, 2.24) is 24.6 Å². The van der Waals surface area contributed by atoms with Crippen LogP contribution in [-0.2, 0) is 6.54 Å². The van der Waals surface area contributed by atoms with Gasteiger partial charge in [-0.2, -0.15) is 19.6 Å². The number of thiazole rings is 1. The van der Waals surface area contributed by atoms with E-state index in [1.807, 2.05) is 29.8 Å². The van der Waals surface area contributed by atoms with Crippen LogP contribution in [0.5, 0.6) is 0 Å². The van der Waals surface area contributed by atoms with E-state index in [1.54, 1.807) is 15.9 Å². The Morgan fingerprint density at radius 2 is 2.26 bits per heavy atom. The van der Waals surface area contributed by atoms with E-state index in [4.69, 9.17) is 11.6 Å². The lowest BCUT2D eigenvalue weighted by atomic mass is 10.3. The molecule has 3 heterocycles. The number of hydrogen-bond donors (Lipinski definition) is 0. The maximum absolute atomic E-state index is 6.14. The Morgan fingerprint density at radius 1 is 1.42 bits per heavy atom. The normalized spacial score (nSPS) is 11.1.